The third kappa shape index (κ3) is 3.34. The first-order valence-corrected chi connectivity index (χ1v) is 6.22. The summed E-state index contributed by atoms with van der Waals surface area (Å²) in [6.45, 7) is 1.82. The van der Waals surface area contributed by atoms with Crippen LogP contribution < -0.4 is 5.32 Å². The van der Waals surface area contributed by atoms with E-state index in [9.17, 15) is 14.5 Å². The fourth-order valence-corrected chi connectivity index (χ4v) is 1.90. The number of halogens is 1. The van der Waals surface area contributed by atoms with Crippen LogP contribution in [0.1, 0.15) is 24.1 Å². The van der Waals surface area contributed by atoms with Crippen LogP contribution in [0.15, 0.2) is 42.5 Å². The van der Waals surface area contributed by atoms with E-state index in [0.717, 1.165) is 11.6 Å². The molecule has 0 heterocycles. The Kier molecular flexibility index (Phi) is 4.14. The lowest BCUT2D eigenvalue weighted by Crippen LogP contribution is -2.08. The van der Waals surface area contributed by atoms with E-state index >= 15 is 0 Å². The Morgan fingerprint density at radius 2 is 1.95 bits per heavy atom. The monoisotopic (exact) mass is 285 g/mol. The fourth-order valence-electron chi connectivity index (χ4n) is 1.90. The van der Waals surface area contributed by atoms with Gasteiger partial charge in [-0.15, -0.1) is 0 Å². The zero-order chi connectivity index (χ0) is 15.4. The Morgan fingerprint density at radius 3 is 2.48 bits per heavy atom. The standard InChI is InChI=1S/C15H12FN3O2/c1-10(12-3-5-13(6-4-12)19(20)21)18-15-7-2-11(9-17)8-14(15)16/h2-8,10,18H,1H3. The van der Waals surface area contributed by atoms with Gasteiger partial charge in [0.15, 0.2) is 0 Å². The van der Waals surface area contributed by atoms with Crippen LogP contribution in [0.4, 0.5) is 15.8 Å². The van der Waals surface area contributed by atoms with Gasteiger partial charge in [0, 0.05) is 18.2 Å². The topological polar surface area (TPSA) is 79.0 Å². The summed E-state index contributed by atoms with van der Waals surface area (Å²) >= 11 is 0. The van der Waals surface area contributed by atoms with E-state index in [0.29, 0.717) is 0 Å². The molecular formula is C15H12FN3O2. The molecule has 1 N–H and O–H groups in total. The van der Waals surface area contributed by atoms with Crippen molar-refractivity contribution < 1.29 is 9.31 Å². The number of nitro benzene ring substituents is 1. The molecule has 0 aromatic heterocycles. The Hall–Kier alpha value is -2.94. The van der Waals surface area contributed by atoms with Crippen molar-refractivity contribution in [3.05, 3.63) is 69.5 Å². The largest absolute Gasteiger partial charge is 0.376 e. The first-order chi connectivity index (χ1) is 10.0. The average molecular weight is 285 g/mol. The third-order valence-electron chi connectivity index (χ3n) is 3.07. The summed E-state index contributed by atoms with van der Waals surface area (Å²) in [5.74, 6) is -0.511. The summed E-state index contributed by atoms with van der Waals surface area (Å²) in [5.41, 5.74) is 1.33. The van der Waals surface area contributed by atoms with E-state index in [1.165, 1.54) is 24.3 Å². The maximum Gasteiger partial charge on any atom is 0.269 e. The first kappa shape index (κ1) is 14.5. The summed E-state index contributed by atoms with van der Waals surface area (Å²) in [6.07, 6.45) is 0. The van der Waals surface area contributed by atoms with Crippen molar-refractivity contribution in [2.24, 2.45) is 0 Å². The molecule has 5 nitrogen and oxygen atoms in total. The Morgan fingerprint density at radius 1 is 1.29 bits per heavy atom. The highest BCUT2D eigenvalue weighted by Gasteiger charge is 2.11. The minimum atomic E-state index is -0.511. The van der Waals surface area contributed by atoms with Gasteiger partial charge in [0.25, 0.3) is 5.69 Å². The van der Waals surface area contributed by atoms with Crippen molar-refractivity contribution >= 4 is 11.4 Å². The Labute approximate surface area is 120 Å². The zero-order valence-electron chi connectivity index (χ0n) is 11.2. The van der Waals surface area contributed by atoms with Crippen molar-refractivity contribution in [2.75, 3.05) is 5.32 Å². The van der Waals surface area contributed by atoms with E-state index in [1.54, 1.807) is 12.1 Å². The maximum absolute atomic E-state index is 13.8. The van der Waals surface area contributed by atoms with Crippen molar-refractivity contribution in [3.63, 3.8) is 0 Å². The minimum Gasteiger partial charge on any atom is -0.376 e. The van der Waals surface area contributed by atoms with Crippen LogP contribution in [0.5, 0.6) is 0 Å². The SMILES string of the molecule is CC(Nc1ccc(C#N)cc1F)c1ccc([N+](=O)[O-])cc1. The van der Waals surface area contributed by atoms with E-state index in [1.807, 2.05) is 13.0 Å². The number of nitriles is 1. The van der Waals surface area contributed by atoms with Gasteiger partial charge in [0.1, 0.15) is 5.82 Å². The highest BCUT2D eigenvalue weighted by atomic mass is 19.1. The molecule has 1 atom stereocenters. The molecule has 0 saturated carbocycles. The summed E-state index contributed by atoms with van der Waals surface area (Å²) in [5, 5.41) is 22.3. The molecule has 0 spiro atoms. The van der Waals surface area contributed by atoms with Gasteiger partial charge in [-0.2, -0.15) is 5.26 Å². The van der Waals surface area contributed by atoms with E-state index < -0.39 is 10.7 Å². The van der Waals surface area contributed by atoms with Gasteiger partial charge in [0.05, 0.1) is 22.2 Å². The number of non-ortho nitro benzene ring substituents is 1. The number of anilines is 1. The second kappa shape index (κ2) is 6.01. The lowest BCUT2D eigenvalue weighted by molar-refractivity contribution is -0.384. The molecule has 0 amide bonds. The average Bonchev–Trinajstić information content (AvgIpc) is 2.49. The summed E-state index contributed by atoms with van der Waals surface area (Å²) in [4.78, 5) is 10.1. The molecule has 6 heteroatoms. The number of rotatable bonds is 4. The van der Waals surface area contributed by atoms with Gasteiger partial charge in [0.2, 0.25) is 0 Å². The predicted octanol–water partition coefficient (Wildman–Crippen LogP) is 3.78. The van der Waals surface area contributed by atoms with Gasteiger partial charge < -0.3 is 5.32 Å². The van der Waals surface area contributed by atoms with Crippen LogP contribution in [-0.2, 0) is 0 Å². The number of nitrogens with one attached hydrogen (secondary N) is 1. The summed E-state index contributed by atoms with van der Waals surface area (Å²) in [6, 6.07) is 11.9. The third-order valence-corrected chi connectivity index (χ3v) is 3.07. The number of benzene rings is 2. The maximum atomic E-state index is 13.8. The minimum absolute atomic E-state index is 0.00973. The van der Waals surface area contributed by atoms with Crippen LogP contribution in [0.2, 0.25) is 0 Å². The highest BCUT2D eigenvalue weighted by molar-refractivity contribution is 5.50. The van der Waals surface area contributed by atoms with Gasteiger partial charge in [-0.1, -0.05) is 12.1 Å². The van der Waals surface area contributed by atoms with Crippen molar-refractivity contribution in [1.82, 2.24) is 0 Å². The van der Waals surface area contributed by atoms with Crippen LogP contribution in [0.25, 0.3) is 0 Å². The molecule has 0 aliphatic rings. The quantitative estimate of drug-likeness (QED) is 0.685. The molecule has 0 radical (unpaired) electrons. The molecule has 2 rings (SSSR count). The van der Waals surface area contributed by atoms with E-state index in [-0.39, 0.29) is 23.0 Å². The fraction of sp³-hybridized carbons (Fsp3) is 0.133. The number of nitro groups is 1. The molecular weight excluding hydrogens is 273 g/mol. The Balaban J connectivity index is 2.16. The van der Waals surface area contributed by atoms with Crippen molar-refractivity contribution in [1.29, 1.82) is 5.26 Å². The van der Waals surface area contributed by atoms with Crippen LogP contribution in [0.3, 0.4) is 0 Å². The second-order valence-electron chi connectivity index (χ2n) is 4.52. The lowest BCUT2D eigenvalue weighted by atomic mass is 10.1. The van der Waals surface area contributed by atoms with Gasteiger partial charge in [-0.25, -0.2) is 4.39 Å². The van der Waals surface area contributed by atoms with Crippen LogP contribution in [0, 0.1) is 27.3 Å². The van der Waals surface area contributed by atoms with Crippen molar-refractivity contribution in [2.45, 2.75) is 13.0 Å². The molecule has 21 heavy (non-hydrogen) atoms. The zero-order valence-corrected chi connectivity index (χ0v) is 11.2. The molecule has 0 aliphatic carbocycles. The molecule has 0 aliphatic heterocycles. The molecule has 106 valence electrons. The molecule has 2 aromatic rings. The lowest BCUT2D eigenvalue weighted by Gasteiger charge is -2.16. The predicted molar refractivity (Wildman–Crippen MR) is 76.2 cm³/mol. The first-order valence-electron chi connectivity index (χ1n) is 6.22. The molecule has 2 aromatic carbocycles. The number of hydrogen-bond acceptors (Lipinski definition) is 4. The smallest absolute Gasteiger partial charge is 0.269 e. The van der Waals surface area contributed by atoms with E-state index in [4.69, 9.17) is 5.26 Å². The van der Waals surface area contributed by atoms with Gasteiger partial charge in [-0.05, 0) is 30.7 Å². The van der Waals surface area contributed by atoms with Crippen LogP contribution in [-0.4, -0.2) is 4.92 Å². The van der Waals surface area contributed by atoms with Gasteiger partial charge >= 0.3 is 0 Å². The molecule has 1 unspecified atom stereocenters. The molecule has 0 bridgehead atoms. The van der Waals surface area contributed by atoms with Crippen molar-refractivity contribution in [3.8, 4) is 6.07 Å². The van der Waals surface area contributed by atoms with E-state index in [2.05, 4.69) is 5.32 Å². The number of nitrogens with zero attached hydrogens (tertiary/aromatic N) is 2. The summed E-state index contributed by atoms with van der Waals surface area (Å²) in [7, 11) is 0. The number of hydrogen-bond donors (Lipinski definition) is 1. The normalized spacial score (nSPS) is 11.5. The second-order valence-corrected chi connectivity index (χ2v) is 4.52. The molecule has 0 saturated heterocycles. The molecule has 0 fully saturated rings. The highest BCUT2D eigenvalue weighted by Crippen LogP contribution is 2.23. The summed E-state index contributed by atoms with van der Waals surface area (Å²) < 4.78 is 13.8. The van der Waals surface area contributed by atoms with Crippen LogP contribution >= 0.6 is 0 Å². The van der Waals surface area contributed by atoms with Gasteiger partial charge in [-0.3, -0.25) is 10.1 Å². The Bertz CT molecular complexity index is 708.